The van der Waals surface area contributed by atoms with E-state index in [0.717, 1.165) is 0 Å². The fourth-order valence-corrected chi connectivity index (χ4v) is 1.14. The molecule has 1 atom stereocenters. The number of hydroxylamine groups is 2. The van der Waals surface area contributed by atoms with Crippen LogP contribution in [0, 0.1) is 0 Å². The molecule has 0 radical (unpaired) electrons. The average Bonchev–Trinajstić information content (AvgIpc) is 2.19. The first kappa shape index (κ1) is 8.20. The lowest BCUT2D eigenvalue weighted by molar-refractivity contribution is -0.165. The minimum Gasteiger partial charge on any atom is -0.286 e. The molecule has 4 heteroatoms. The van der Waals surface area contributed by atoms with Crippen molar-refractivity contribution in [3.8, 4) is 0 Å². The Bertz CT molecular complexity index is 195. The van der Waals surface area contributed by atoms with E-state index in [0.29, 0.717) is 5.06 Å². The van der Waals surface area contributed by atoms with E-state index in [1.54, 1.807) is 0 Å². The molecule has 0 aromatic carbocycles. The molecule has 1 aliphatic heterocycles. The average molecular weight is 159 g/mol. The van der Waals surface area contributed by atoms with E-state index in [1.807, 2.05) is 0 Å². The highest BCUT2D eigenvalue weighted by Crippen LogP contribution is 2.29. The number of alkyl halides is 1. The van der Waals surface area contributed by atoms with E-state index in [4.69, 9.17) is 5.21 Å². The Kier molecular flexibility index (Phi) is 1.95. The van der Waals surface area contributed by atoms with Crippen molar-refractivity contribution in [2.75, 3.05) is 6.54 Å². The van der Waals surface area contributed by atoms with Crippen molar-refractivity contribution in [3.63, 3.8) is 0 Å². The molecule has 0 aromatic rings. The van der Waals surface area contributed by atoms with Crippen molar-refractivity contribution in [3.05, 3.63) is 12.7 Å². The van der Waals surface area contributed by atoms with Crippen molar-refractivity contribution in [1.82, 2.24) is 5.06 Å². The van der Waals surface area contributed by atoms with Crippen LogP contribution < -0.4 is 0 Å². The van der Waals surface area contributed by atoms with Crippen LogP contribution in [0.2, 0.25) is 0 Å². The number of amides is 1. The van der Waals surface area contributed by atoms with Gasteiger partial charge in [0, 0.05) is 12.8 Å². The number of halogens is 1. The van der Waals surface area contributed by atoms with Crippen molar-refractivity contribution < 1.29 is 14.4 Å². The zero-order valence-electron chi connectivity index (χ0n) is 6.09. The first-order chi connectivity index (χ1) is 5.10. The van der Waals surface area contributed by atoms with Gasteiger partial charge in [0.2, 0.25) is 0 Å². The third kappa shape index (κ3) is 1.26. The van der Waals surface area contributed by atoms with Gasteiger partial charge >= 0.3 is 0 Å². The van der Waals surface area contributed by atoms with E-state index in [1.165, 1.54) is 6.08 Å². The molecule has 1 aliphatic rings. The minimum atomic E-state index is -1.91. The molecular weight excluding hydrogens is 149 g/mol. The Hall–Kier alpha value is -0.900. The molecule has 3 nitrogen and oxygen atoms in total. The Morgan fingerprint density at radius 1 is 1.91 bits per heavy atom. The number of rotatable bonds is 2. The molecular formula is C7H10FNO2. The highest BCUT2D eigenvalue weighted by atomic mass is 19.1. The van der Waals surface area contributed by atoms with Crippen LogP contribution in [-0.2, 0) is 4.79 Å². The van der Waals surface area contributed by atoms with Crippen molar-refractivity contribution in [1.29, 1.82) is 0 Å². The Balaban J connectivity index is 2.72. The van der Waals surface area contributed by atoms with Gasteiger partial charge in [-0.05, 0) is 0 Å². The summed E-state index contributed by atoms with van der Waals surface area (Å²) in [5, 5.41) is 9.19. The van der Waals surface area contributed by atoms with Crippen molar-refractivity contribution >= 4 is 5.91 Å². The van der Waals surface area contributed by atoms with Gasteiger partial charge in [-0.3, -0.25) is 10.0 Å². The zero-order chi connectivity index (χ0) is 8.48. The maximum absolute atomic E-state index is 13.3. The molecule has 1 amide bonds. The van der Waals surface area contributed by atoms with Crippen LogP contribution in [0.15, 0.2) is 12.7 Å². The van der Waals surface area contributed by atoms with Crippen LogP contribution in [0.5, 0.6) is 0 Å². The molecule has 1 fully saturated rings. The standard InChI is InChI=1S/C7H10FNO2/c1-2-3-7(8)4-5-9(11)6(7)10/h2,11H,1,3-5H2/t7-/m0/s1. The quantitative estimate of drug-likeness (QED) is 0.480. The van der Waals surface area contributed by atoms with Gasteiger partial charge in [0.05, 0.1) is 6.54 Å². The third-order valence-corrected chi connectivity index (χ3v) is 1.81. The van der Waals surface area contributed by atoms with Crippen LogP contribution in [0.3, 0.4) is 0 Å². The fourth-order valence-electron chi connectivity index (χ4n) is 1.14. The fraction of sp³-hybridized carbons (Fsp3) is 0.571. The molecule has 0 aliphatic carbocycles. The SMILES string of the molecule is C=CC[C@]1(F)CCN(O)C1=O. The van der Waals surface area contributed by atoms with Gasteiger partial charge in [-0.25, -0.2) is 9.45 Å². The summed E-state index contributed by atoms with van der Waals surface area (Å²) in [5.74, 6) is -0.850. The van der Waals surface area contributed by atoms with Crippen LogP contribution in [-0.4, -0.2) is 28.4 Å². The molecule has 62 valence electrons. The monoisotopic (exact) mass is 159 g/mol. The van der Waals surface area contributed by atoms with Gasteiger partial charge in [0.25, 0.3) is 5.91 Å². The second-order valence-electron chi connectivity index (χ2n) is 2.64. The maximum Gasteiger partial charge on any atom is 0.283 e. The Morgan fingerprint density at radius 3 is 2.91 bits per heavy atom. The Labute approximate surface area is 64.1 Å². The molecule has 0 aromatic heterocycles. The highest BCUT2D eigenvalue weighted by molar-refractivity contribution is 5.86. The zero-order valence-corrected chi connectivity index (χ0v) is 6.09. The summed E-state index contributed by atoms with van der Waals surface area (Å²) in [5.41, 5.74) is -1.91. The molecule has 1 rings (SSSR count). The molecule has 0 spiro atoms. The largest absolute Gasteiger partial charge is 0.286 e. The normalized spacial score (nSPS) is 31.1. The topological polar surface area (TPSA) is 40.5 Å². The molecule has 1 heterocycles. The third-order valence-electron chi connectivity index (χ3n) is 1.81. The molecule has 1 N–H and O–H groups in total. The van der Waals surface area contributed by atoms with Crippen molar-refractivity contribution in [2.45, 2.75) is 18.5 Å². The van der Waals surface area contributed by atoms with Gasteiger partial charge in [0.15, 0.2) is 5.67 Å². The Morgan fingerprint density at radius 2 is 2.55 bits per heavy atom. The van der Waals surface area contributed by atoms with Crippen LogP contribution in [0.4, 0.5) is 4.39 Å². The van der Waals surface area contributed by atoms with Gasteiger partial charge in [-0.1, -0.05) is 6.08 Å². The van der Waals surface area contributed by atoms with E-state index in [9.17, 15) is 9.18 Å². The summed E-state index contributed by atoms with van der Waals surface area (Å²) >= 11 is 0. The number of allylic oxidation sites excluding steroid dienone is 1. The predicted octanol–water partition coefficient (Wildman–Crippen LogP) is 0.892. The van der Waals surface area contributed by atoms with E-state index in [2.05, 4.69) is 6.58 Å². The summed E-state index contributed by atoms with van der Waals surface area (Å²) in [6.07, 6.45) is 1.37. The van der Waals surface area contributed by atoms with Crippen LogP contribution >= 0.6 is 0 Å². The van der Waals surface area contributed by atoms with Gasteiger partial charge in [-0.2, -0.15) is 0 Å². The van der Waals surface area contributed by atoms with Crippen molar-refractivity contribution in [2.24, 2.45) is 0 Å². The maximum atomic E-state index is 13.3. The molecule has 11 heavy (non-hydrogen) atoms. The summed E-state index contributed by atoms with van der Waals surface area (Å²) in [4.78, 5) is 10.9. The summed E-state index contributed by atoms with van der Waals surface area (Å²) in [7, 11) is 0. The molecule has 0 saturated carbocycles. The first-order valence-electron chi connectivity index (χ1n) is 3.41. The summed E-state index contributed by atoms with van der Waals surface area (Å²) in [6.45, 7) is 3.41. The van der Waals surface area contributed by atoms with E-state index in [-0.39, 0.29) is 19.4 Å². The lowest BCUT2D eigenvalue weighted by atomic mass is 10.0. The lowest BCUT2D eigenvalue weighted by Gasteiger charge is -2.13. The highest BCUT2D eigenvalue weighted by Gasteiger charge is 2.46. The van der Waals surface area contributed by atoms with E-state index < -0.39 is 11.6 Å². The predicted molar refractivity (Wildman–Crippen MR) is 36.8 cm³/mol. The van der Waals surface area contributed by atoms with E-state index >= 15 is 0 Å². The van der Waals surface area contributed by atoms with Crippen LogP contribution in [0.25, 0.3) is 0 Å². The van der Waals surface area contributed by atoms with Gasteiger partial charge in [0.1, 0.15) is 0 Å². The first-order valence-corrected chi connectivity index (χ1v) is 3.41. The number of nitrogens with zero attached hydrogens (tertiary/aromatic N) is 1. The van der Waals surface area contributed by atoms with Gasteiger partial charge in [-0.15, -0.1) is 6.58 Å². The molecule has 0 unspecified atom stereocenters. The number of carbonyl (C=O) groups excluding carboxylic acids is 1. The smallest absolute Gasteiger partial charge is 0.283 e. The molecule has 1 saturated heterocycles. The number of carbonyl (C=O) groups is 1. The number of hydrogen-bond acceptors (Lipinski definition) is 2. The van der Waals surface area contributed by atoms with Crippen LogP contribution in [0.1, 0.15) is 12.8 Å². The second kappa shape index (κ2) is 2.62. The lowest BCUT2D eigenvalue weighted by Crippen LogP contribution is -2.34. The molecule has 0 bridgehead atoms. The summed E-state index contributed by atoms with van der Waals surface area (Å²) < 4.78 is 13.3. The second-order valence-corrected chi connectivity index (χ2v) is 2.64. The van der Waals surface area contributed by atoms with Gasteiger partial charge < -0.3 is 0 Å². The summed E-state index contributed by atoms with van der Waals surface area (Å²) in [6, 6.07) is 0. The number of hydrogen-bond donors (Lipinski definition) is 1. The minimum absolute atomic E-state index is 0.0249.